The number of imide groups is 1. The van der Waals surface area contributed by atoms with E-state index in [-0.39, 0.29) is 28.9 Å². The van der Waals surface area contributed by atoms with E-state index < -0.39 is 0 Å². The Morgan fingerprint density at radius 3 is 1.90 bits per heavy atom. The molecule has 6 heteroatoms. The van der Waals surface area contributed by atoms with Crippen molar-refractivity contribution in [3.05, 3.63) is 12.2 Å². The first-order valence-electron chi connectivity index (χ1n) is 11.0. The zero-order valence-corrected chi connectivity index (χ0v) is 18.4. The van der Waals surface area contributed by atoms with Crippen LogP contribution in [0.1, 0.15) is 91.4 Å². The van der Waals surface area contributed by atoms with Gasteiger partial charge in [-0.25, -0.2) is 0 Å². The van der Waals surface area contributed by atoms with Crippen LogP contribution in [0.5, 0.6) is 0 Å². The Labute approximate surface area is 175 Å². The van der Waals surface area contributed by atoms with Gasteiger partial charge < -0.3 is 5.32 Å². The van der Waals surface area contributed by atoms with Crippen LogP contribution in [-0.2, 0) is 19.2 Å². The van der Waals surface area contributed by atoms with Crippen molar-refractivity contribution in [3.63, 3.8) is 0 Å². The second-order valence-corrected chi connectivity index (χ2v) is 9.09. The average molecular weight is 407 g/mol. The average Bonchev–Trinajstić information content (AvgIpc) is 2.95. The Morgan fingerprint density at radius 2 is 1.34 bits per heavy atom. The summed E-state index contributed by atoms with van der Waals surface area (Å²) in [7, 11) is 0. The smallest absolute Gasteiger partial charge is 0.253 e. The highest BCUT2D eigenvalue weighted by Crippen LogP contribution is 2.17. The van der Waals surface area contributed by atoms with E-state index in [4.69, 9.17) is 0 Å². The van der Waals surface area contributed by atoms with Crippen LogP contribution in [-0.4, -0.2) is 41.5 Å². The van der Waals surface area contributed by atoms with Gasteiger partial charge in [-0.15, -0.1) is 0 Å². The highest BCUT2D eigenvalue weighted by molar-refractivity contribution is 6.12. The Balaban J connectivity index is 1.91. The summed E-state index contributed by atoms with van der Waals surface area (Å²) in [4.78, 5) is 47.7. The quantitative estimate of drug-likeness (QED) is 0.330. The molecule has 0 fully saturated rings. The summed E-state index contributed by atoms with van der Waals surface area (Å²) in [6.07, 6.45) is 11.4. The highest BCUT2D eigenvalue weighted by atomic mass is 16.2. The maximum atomic E-state index is 11.9. The molecule has 0 saturated heterocycles. The van der Waals surface area contributed by atoms with Crippen LogP contribution in [0.25, 0.3) is 0 Å². The third-order valence-electron chi connectivity index (χ3n) is 5.04. The van der Waals surface area contributed by atoms with E-state index in [1.807, 2.05) is 0 Å². The summed E-state index contributed by atoms with van der Waals surface area (Å²) in [5.41, 5.74) is 0.239. The van der Waals surface area contributed by atoms with Crippen LogP contribution in [0.3, 0.4) is 0 Å². The van der Waals surface area contributed by atoms with Crippen LogP contribution in [0, 0.1) is 5.41 Å². The predicted octanol–water partition coefficient (Wildman–Crippen LogP) is 3.93. The lowest BCUT2D eigenvalue weighted by Gasteiger charge is -2.17. The third kappa shape index (κ3) is 12.2. The van der Waals surface area contributed by atoms with Gasteiger partial charge in [-0.05, 0) is 37.5 Å². The maximum absolute atomic E-state index is 11.9. The van der Waals surface area contributed by atoms with Gasteiger partial charge in [0.1, 0.15) is 5.78 Å². The maximum Gasteiger partial charge on any atom is 0.253 e. The topological polar surface area (TPSA) is 83.6 Å². The molecular weight excluding hydrogens is 368 g/mol. The number of carbonyl (C=O) groups is 4. The molecule has 1 N–H and O–H groups in total. The number of rotatable bonds is 15. The van der Waals surface area contributed by atoms with Crippen LogP contribution < -0.4 is 5.32 Å². The minimum atomic E-state index is -0.242. The standard InChI is InChI=1S/C23H38N2O4/c1-23(2,3)16-17-24-20(27)13-9-5-4-7-11-19(26)12-8-6-10-18-25-21(28)14-15-22(25)29/h14-15H,4-13,16-18H2,1-3H3,(H,24,27). The van der Waals surface area contributed by atoms with Crippen molar-refractivity contribution >= 4 is 23.5 Å². The fraction of sp³-hybridized carbons (Fsp3) is 0.739. The second-order valence-electron chi connectivity index (χ2n) is 9.09. The van der Waals surface area contributed by atoms with Gasteiger partial charge in [0.2, 0.25) is 5.91 Å². The number of amides is 3. The molecule has 1 aliphatic heterocycles. The molecule has 0 aliphatic carbocycles. The zero-order chi connectivity index (χ0) is 21.7. The van der Waals surface area contributed by atoms with Gasteiger partial charge in [0, 0.05) is 44.5 Å². The van der Waals surface area contributed by atoms with Gasteiger partial charge in [-0.1, -0.05) is 40.0 Å². The van der Waals surface area contributed by atoms with Crippen LogP contribution in [0.15, 0.2) is 12.2 Å². The molecular formula is C23H38N2O4. The number of Topliss-reactive ketones (excluding diaryl/α,β-unsaturated/α-hetero) is 1. The third-order valence-corrected chi connectivity index (χ3v) is 5.04. The molecule has 1 aliphatic rings. The molecule has 0 atom stereocenters. The second kappa shape index (κ2) is 13.3. The largest absolute Gasteiger partial charge is 0.356 e. The normalized spacial score (nSPS) is 14.0. The number of hydrogen-bond donors (Lipinski definition) is 1. The Morgan fingerprint density at radius 1 is 0.828 bits per heavy atom. The minimum Gasteiger partial charge on any atom is -0.356 e. The van der Waals surface area contributed by atoms with Gasteiger partial charge in [-0.2, -0.15) is 0 Å². The number of hydrogen-bond acceptors (Lipinski definition) is 4. The number of nitrogens with one attached hydrogen (secondary N) is 1. The van der Waals surface area contributed by atoms with Gasteiger partial charge in [0.05, 0.1) is 0 Å². The lowest BCUT2D eigenvalue weighted by Crippen LogP contribution is -2.30. The van der Waals surface area contributed by atoms with Crippen molar-refractivity contribution in [2.75, 3.05) is 13.1 Å². The number of nitrogens with zero attached hydrogens (tertiary/aromatic N) is 1. The van der Waals surface area contributed by atoms with Crippen LogP contribution >= 0.6 is 0 Å². The van der Waals surface area contributed by atoms with E-state index in [9.17, 15) is 19.2 Å². The molecule has 0 radical (unpaired) electrons. The van der Waals surface area contributed by atoms with Crippen molar-refractivity contribution in [1.29, 1.82) is 0 Å². The van der Waals surface area contributed by atoms with Gasteiger partial charge in [0.15, 0.2) is 0 Å². The van der Waals surface area contributed by atoms with Crippen LogP contribution in [0.4, 0.5) is 0 Å². The van der Waals surface area contributed by atoms with E-state index in [1.54, 1.807) is 0 Å². The molecule has 0 aromatic heterocycles. The summed E-state index contributed by atoms with van der Waals surface area (Å²) in [5, 5.41) is 2.97. The van der Waals surface area contributed by atoms with E-state index >= 15 is 0 Å². The molecule has 0 unspecified atom stereocenters. The molecule has 1 rings (SSSR count). The molecule has 3 amide bonds. The molecule has 0 bridgehead atoms. The molecule has 6 nitrogen and oxygen atoms in total. The van der Waals surface area contributed by atoms with Gasteiger partial charge >= 0.3 is 0 Å². The summed E-state index contributed by atoms with van der Waals surface area (Å²) >= 11 is 0. The van der Waals surface area contributed by atoms with Gasteiger partial charge in [-0.3, -0.25) is 24.1 Å². The van der Waals surface area contributed by atoms with Crippen molar-refractivity contribution in [1.82, 2.24) is 10.2 Å². The van der Waals surface area contributed by atoms with Crippen molar-refractivity contribution in [2.45, 2.75) is 91.4 Å². The first kappa shape index (κ1) is 25.1. The first-order chi connectivity index (χ1) is 13.7. The number of carbonyl (C=O) groups excluding carboxylic acids is 4. The number of unbranched alkanes of at least 4 members (excludes halogenated alkanes) is 5. The summed E-state index contributed by atoms with van der Waals surface area (Å²) in [5.74, 6) is -0.0831. The van der Waals surface area contributed by atoms with Crippen molar-refractivity contribution in [2.24, 2.45) is 5.41 Å². The summed E-state index contributed by atoms with van der Waals surface area (Å²) in [6, 6.07) is 0. The fourth-order valence-corrected chi connectivity index (χ4v) is 3.17. The lowest BCUT2D eigenvalue weighted by molar-refractivity contribution is -0.137. The molecule has 1 heterocycles. The van der Waals surface area contributed by atoms with E-state index in [2.05, 4.69) is 26.1 Å². The zero-order valence-electron chi connectivity index (χ0n) is 18.4. The number of ketones is 1. The predicted molar refractivity (Wildman–Crippen MR) is 114 cm³/mol. The Bertz CT molecular complexity index is 572. The molecule has 0 aromatic rings. The SMILES string of the molecule is CC(C)(C)CCNC(=O)CCCCCCC(=O)CCCCCN1C(=O)C=CC1=O. The summed E-state index contributed by atoms with van der Waals surface area (Å²) in [6.45, 7) is 7.66. The van der Waals surface area contributed by atoms with E-state index in [0.717, 1.165) is 57.9 Å². The van der Waals surface area contributed by atoms with E-state index in [1.165, 1.54) is 17.1 Å². The fourth-order valence-electron chi connectivity index (χ4n) is 3.17. The molecule has 29 heavy (non-hydrogen) atoms. The highest BCUT2D eigenvalue weighted by Gasteiger charge is 2.22. The Kier molecular flexibility index (Phi) is 11.5. The molecule has 0 saturated carbocycles. The van der Waals surface area contributed by atoms with Crippen molar-refractivity contribution in [3.8, 4) is 0 Å². The molecule has 164 valence electrons. The Hall–Kier alpha value is -1.98. The van der Waals surface area contributed by atoms with E-state index in [0.29, 0.717) is 25.8 Å². The van der Waals surface area contributed by atoms with Crippen molar-refractivity contribution < 1.29 is 19.2 Å². The van der Waals surface area contributed by atoms with Gasteiger partial charge in [0.25, 0.3) is 11.8 Å². The molecule has 0 aromatic carbocycles. The summed E-state index contributed by atoms with van der Waals surface area (Å²) < 4.78 is 0. The monoisotopic (exact) mass is 406 g/mol. The van der Waals surface area contributed by atoms with Crippen LogP contribution in [0.2, 0.25) is 0 Å². The lowest BCUT2D eigenvalue weighted by atomic mass is 9.92. The minimum absolute atomic E-state index is 0.124. The molecule has 0 spiro atoms. The first-order valence-corrected chi connectivity index (χ1v) is 11.0.